The summed E-state index contributed by atoms with van der Waals surface area (Å²) in [6, 6.07) is 23.3. The molecule has 0 amide bonds. The van der Waals surface area contributed by atoms with Gasteiger partial charge in [-0.3, -0.25) is 0 Å². The predicted molar refractivity (Wildman–Crippen MR) is 198 cm³/mol. The van der Waals surface area contributed by atoms with E-state index in [4.69, 9.17) is 19.2 Å². The van der Waals surface area contributed by atoms with Crippen LogP contribution in [0.5, 0.6) is 11.5 Å². The second-order valence-electron chi connectivity index (χ2n) is 14.7. The molecule has 254 valence electrons. The number of aromatic nitrogens is 1. The van der Waals surface area contributed by atoms with Gasteiger partial charge in [-0.05, 0) is 132 Å². The second-order valence-corrected chi connectivity index (χ2v) is 15.7. The Labute approximate surface area is 293 Å². The molecule has 6 nitrogen and oxygen atoms in total. The van der Waals surface area contributed by atoms with Crippen molar-refractivity contribution in [1.82, 2.24) is 4.98 Å². The molecule has 1 N–H and O–H groups in total. The number of aliphatic carboxylic acids is 1. The summed E-state index contributed by atoms with van der Waals surface area (Å²) in [5.41, 5.74) is 9.04. The molecule has 3 heterocycles. The van der Waals surface area contributed by atoms with Crippen LogP contribution in [0.2, 0.25) is 0 Å². The van der Waals surface area contributed by atoms with Gasteiger partial charge < -0.3 is 19.3 Å². The minimum absolute atomic E-state index is 0.0841. The molecule has 0 fully saturated rings. The molecule has 0 radical (unpaired) electrons. The van der Waals surface area contributed by atoms with E-state index in [1.54, 1.807) is 11.3 Å². The number of hydrogen-bond donors (Lipinski definition) is 1. The quantitative estimate of drug-likeness (QED) is 0.205. The van der Waals surface area contributed by atoms with Crippen LogP contribution in [0, 0.1) is 13.8 Å². The Morgan fingerprint density at radius 1 is 0.939 bits per heavy atom. The minimum atomic E-state index is -1.15. The van der Waals surface area contributed by atoms with E-state index in [-0.39, 0.29) is 6.10 Å². The fourth-order valence-corrected chi connectivity index (χ4v) is 8.48. The third-order valence-corrected chi connectivity index (χ3v) is 10.8. The number of nitrogens with zero attached hydrogens (tertiary/aromatic N) is 1. The van der Waals surface area contributed by atoms with E-state index in [0.717, 1.165) is 92.2 Å². The van der Waals surface area contributed by atoms with Crippen LogP contribution in [0.15, 0.2) is 66.7 Å². The van der Waals surface area contributed by atoms with Gasteiger partial charge in [0.25, 0.3) is 0 Å². The number of aryl methyl sites for hydroxylation is 2. The van der Waals surface area contributed by atoms with Gasteiger partial charge in [-0.25, -0.2) is 9.78 Å². The van der Waals surface area contributed by atoms with Gasteiger partial charge in [0, 0.05) is 22.3 Å². The Bertz CT molecular complexity index is 2040. The molecule has 1 unspecified atom stereocenters. The third kappa shape index (κ3) is 6.84. The van der Waals surface area contributed by atoms with Gasteiger partial charge in [-0.2, -0.15) is 0 Å². The fourth-order valence-electron chi connectivity index (χ4n) is 7.36. The Morgan fingerprint density at radius 2 is 1.71 bits per heavy atom. The number of fused-ring (bicyclic) bond motifs is 8. The molecule has 7 heteroatoms. The monoisotopic (exact) mass is 675 g/mol. The van der Waals surface area contributed by atoms with Crippen LogP contribution in [0.3, 0.4) is 0 Å². The predicted octanol–water partition coefficient (Wildman–Crippen LogP) is 11.1. The van der Waals surface area contributed by atoms with Crippen molar-refractivity contribution in [2.75, 3.05) is 6.61 Å². The van der Waals surface area contributed by atoms with Crippen molar-refractivity contribution >= 4 is 27.5 Å². The number of carbonyl (C=O) groups is 1. The van der Waals surface area contributed by atoms with Crippen molar-refractivity contribution in [1.29, 1.82) is 0 Å². The van der Waals surface area contributed by atoms with Gasteiger partial charge in [-0.1, -0.05) is 42.3 Å². The molecular formula is C42H45NO5S. The van der Waals surface area contributed by atoms with E-state index in [1.165, 1.54) is 11.1 Å². The Kier molecular flexibility index (Phi) is 9.01. The zero-order valence-electron chi connectivity index (χ0n) is 29.3. The first-order valence-corrected chi connectivity index (χ1v) is 18.3. The molecule has 49 heavy (non-hydrogen) atoms. The van der Waals surface area contributed by atoms with Crippen LogP contribution in [0.4, 0.5) is 0 Å². The molecule has 3 atom stereocenters. The summed E-state index contributed by atoms with van der Waals surface area (Å²) < 4.78 is 20.1. The lowest BCUT2D eigenvalue weighted by Crippen LogP contribution is -2.28. The van der Waals surface area contributed by atoms with Gasteiger partial charge in [0.2, 0.25) is 0 Å². The summed E-state index contributed by atoms with van der Waals surface area (Å²) in [6.07, 6.45) is 4.07. The average molecular weight is 676 g/mol. The normalized spacial score (nSPS) is 18.4. The number of carboxylic acids is 1. The van der Waals surface area contributed by atoms with Crippen LogP contribution in [-0.2, 0) is 9.53 Å². The Balaban J connectivity index is 1.49. The summed E-state index contributed by atoms with van der Waals surface area (Å²) in [7, 11) is 0. The molecule has 1 aromatic heterocycles. The molecule has 4 aromatic carbocycles. The lowest BCUT2D eigenvalue weighted by Gasteiger charge is -2.29. The van der Waals surface area contributed by atoms with Crippen molar-refractivity contribution in [2.45, 2.75) is 97.4 Å². The summed E-state index contributed by atoms with van der Waals surface area (Å²) >= 11 is 1.60. The van der Waals surface area contributed by atoms with Crippen LogP contribution >= 0.6 is 11.3 Å². The van der Waals surface area contributed by atoms with Crippen LogP contribution in [-0.4, -0.2) is 34.4 Å². The van der Waals surface area contributed by atoms with Gasteiger partial charge in [-0.15, -0.1) is 11.3 Å². The summed E-state index contributed by atoms with van der Waals surface area (Å²) in [4.78, 5) is 18.2. The number of thiazole rings is 1. The van der Waals surface area contributed by atoms with Crippen molar-refractivity contribution in [3.63, 3.8) is 0 Å². The highest BCUT2D eigenvalue weighted by Crippen LogP contribution is 2.47. The molecule has 6 bridgehead atoms. The zero-order chi connectivity index (χ0) is 34.4. The second kappa shape index (κ2) is 13.3. The number of carboxylic acid groups (broad SMARTS) is 1. The largest absolute Gasteiger partial charge is 0.493 e. The molecule has 0 aliphatic carbocycles. The SMILES string of the molecule is Cc1ccc2c(c1)-c1cccc(c1)-c1nc3cc(C)c([C@H](OC(C)(C)C)C(=O)O)c(c3s1)-c1ccc3c(c1)C(CCCC[C@H](C)O2)CCO3. The van der Waals surface area contributed by atoms with E-state index >= 15 is 0 Å². The fraction of sp³-hybridized carbons (Fsp3) is 0.381. The topological polar surface area (TPSA) is 77.9 Å². The van der Waals surface area contributed by atoms with E-state index < -0.39 is 17.7 Å². The van der Waals surface area contributed by atoms with E-state index in [1.807, 2.05) is 33.8 Å². The van der Waals surface area contributed by atoms with Crippen molar-refractivity contribution in [3.8, 4) is 44.3 Å². The van der Waals surface area contributed by atoms with Gasteiger partial charge >= 0.3 is 5.97 Å². The molecule has 2 aliphatic rings. The first-order chi connectivity index (χ1) is 23.4. The molecule has 2 aliphatic heterocycles. The van der Waals surface area contributed by atoms with E-state index in [0.29, 0.717) is 18.1 Å². The molecule has 0 saturated heterocycles. The lowest BCUT2D eigenvalue weighted by atomic mass is 9.85. The number of rotatable bonds is 3. The van der Waals surface area contributed by atoms with Gasteiger partial charge in [0.05, 0.1) is 28.5 Å². The molecular weight excluding hydrogens is 631 g/mol. The average Bonchev–Trinajstić information content (AvgIpc) is 3.48. The van der Waals surface area contributed by atoms with Gasteiger partial charge in [0.15, 0.2) is 6.10 Å². The van der Waals surface area contributed by atoms with E-state index in [2.05, 4.69) is 74.5 Å². The maximum Gasteiger partial charge on any atom is 0.337 e. The van der Waals surface area contributed by atoms with Crippen LogP contribution in [0.25, 0.3) is 43.0 Å². The minimum Gasteiger partial charge on any atom is -0.493 e. The highest BCUT2D eigenvalue weighted by atomic mass is 32.1. The van der Waals surface area contributed by atoms with Crippen LogP contribution in [0.1, 0.15) is 94.1 Å². The molecule has 7 rings (SSSR count). The molecule has 5 aromatic rings. The number of ether oxygens (including phenoxy) is 3. The lowest BCUT2D eigenvalue weighted by molar-refractivity contribution is -0.160. The smallest absolute Gasteiger partial charge is 0.337 e. The van der Waals surface area contributed by atoms with Gasteiger partial charge in [0.1, 0.15) is 16.5 Å². The summed E-state index contributed by atoms with van der Waals surface area (Å²) in [5.74, 6) is 1.16. The first-order valence-electron chi connectivity index (χ1n) is 17.4. The highest BCUT2D eigenvalue weighted by Gasteiger charge is 2.33. The summed E-state index contributed by atoms with van der Waals surface area (Å²) in [6.45, 7) is 12.7. The van der Waals surface area contributed by atoms with E-state index in [9.17, 15) is 9.90 Å². The summed E-state index contributed by atoms with van der Waals surface area (Å²) in [5, 5.41) is 11.5. The van der Waals surface area contributed by atoms with Crippen LogP contribution < -0.4 is 9.47 Å². The maximum atomic E-state index is 13.0. The Morgan fingerprint density at radius 3 is 2.51 bits per heavy atom. The first kappa shape index (κ1) is 33.3. The molecule has 0 spiro atoms. The van der Waals surface area contributed by atoms with Crippen molar-refractivity contribution in [2.24, 2.45) is 0 Å². The molecule has 0 saturated carbocycles. The maximum absolute atomic E-state index is 13.0. The van der Waals surface area contributed by atoms with Crippen molar-refractivity contribution < 1.29 is 24.1 Å². The standard InChI is InChI=1S/C42H45NO5S/c1-24-14-16-35-31(20-24)28-12-9-13-30(22-28)40-43-33-21-25(2)36(38(41(44)45)48-42(4,5)6)37(39(33)49-40)29-15-17-34-32(23-29)27(18-19-46-34)11-8-7-10-26(3)47-35/h9,12-17,20-23,26-27,38H,7-8,10-11,18-19H2,1-6H3,(H,44,45)/t26-,27?,38-/m0/s1. The number of benzene rings is 4. The Hall–Kier alpha value is -4.20. The van der Waals surface area contributed by atoms with Crippen molar-refractivity contribution in [3.05, 3.63) is 89.0 Å². The zero-order valence-corrected chi connectivity index (χ0v) is 30.1. The number of hydrogen-bond acceptors (Lipinski definition) is 6. The third-order valence-electron chi connectivity index (χ3n) is 9.64. The highest BCUT2D eigenvalue weighted by molar-refractivity contribution is 7.22.